The summed E-state index contributed by atoms with van der Waals surface area (Å²) in [6.45, 7) is 4.40. The Bertz CT molecular complexity index is 1100. The zero-order valence-corrected chi connectivity index (χ0v) is 18.7. The standard InChI is InChI=1S/C21H23ClN4O3S/c1-4-29-21(27)19-24-18(23-10-12-5-6-15(28-3)14(22)9-12)17-13-7-8-26(2)11-16(13)30-20(17)25-19/h5-6,9H,4,7-8,10-11H2,1-3H3,(H,23,24,25). The highest BCUT2D eigenvalue weighted by molar-refractivity contribution is 7.19. The molecule has 158 valence electrons. The van der Waals surface area contributed by atoms with Crippen LogP contribution in [0.4, 0.5) is 5.82 Å². The number of thiophene rings is 1. The Morgan fingerprint density at radius 2 is 2.20 bits per heavy atom. The van der Waals surface area contributed by atoms with Crippen LogP contribution in [0.1, 0.15) is 33.5 Å². The predicted octanol–water partition coefficient (Wildman–Crippen LogP) is 4.13. The number of ether oxygens (including phenoxy) is 2. The molecule has 0 fully saturated rings. The van der Waals surface area contributed by atoms with Crippen molar-refractivity contribution < 1.29 is 14.3 Å². The number of hydrogen-bond acceptors (Lipinski definition) is 8. The van der Waals surface area contributed by atoms with E-state index in [2.05, 4.69) is 27.2 Å². The fraction of sp³-hybridized carbons (Fsp3) is 0.381. The average Bonchev–Trinajstić information content (AvgIpc) is 3.09. The van der Waals surface area contributed by atoms with Crippen LogP contribution >= 0.6 is 22.9 Å². The van der Waals surface area contributed by atoms with Crippen LogP contribution in [0.2, 0.25) is 5.02 Å². The summed E-state index contributed by atoms with van der Waals surface area (Å²) in [5, 5.41) is 4.93. The Morgan fingerprint density at radius 1 is 1.37 bits per heavy atom. The molecule has 3 aromatic rings. The van der Waals surface area contributed by atoms with Crippen molar-refractivity contribution in [2.75, 3.05) is 32.6 Å². The van der Waals surface area contributed by atoms with Crippen molar-refractivity contribution in [2.45, 2.75) is 26.4 Å². The maximum Gasteiger partial charge on any atom is 0.376 e. The SMILES string of the molecule is CCOC(=O)c1nc(NCc2ccc(OC)c(Cl)c2)c2c3c(sc2n1)CN(C)CC3. The van der Waals surface area contributed by atoms with Crippen molar-refractivity contribution in [1.29, 1.82) is 0 Å². The molecule has 0 amide bonds. The van der Waals surface area contributed by atoms with Gasteiger partial charge in [-0.25, -0.2) is 14.8 Å². The number of methoxy groups -OCH3 is 1. The van der Waals surface area contributed by atoms with Gasteiger partial charge in [-0.1, -0.05) is 17.7 Å². The zero-order valence-electron chi connectivity index (χ0n) is 17.1. The van der Waals surface area contributed by atoms with Crippen LogP contribution in [-0.2, 0) is 24.2 Å². The van der Waals surface area contributed by atoms with Crippen LogP contribution in [-0.4, -0.2) is 48.1 Å². The Morgan fingerprint density at radius 3 is 2.93 bits per heavy atom. The van der Waals surface area contributed by atoms with E-state index in [1.54, 1.807) is 25.4 Å². The second kappa shape index (κ2) is 8.75. The number of rotatable bonds is 6. The first kappa shape index (κ1) is 20.8. The zero-order chi connectivity index (χ0) is 21.3. The molecule has 0 atom stereocenters. The number of benzene rings is 1. The van der Waals surface area contributed by atoms with Gasteiger partial charge in [0, 0.05) is 24.5 Å². The summed E-state index contributed by atoms with van der Waals surface area (Å²) in [6.07, 6.45) is 0.928. The lowest BCUT2D eigenvalue weighted by molar-refractivity contribution is 0.0512. The minimum absolute atomic E-state index is 0.0755. The van der Waals surface area contributed by atoms with Gasteiger partial charge >= 0.3 is 5.97 Å². The predicted molar refractivity (Wildman–Crippen MR) is 119 cm³/mol. The van der Waals surface area contributed by atoms with E-state index in [9.17, 15) is 4.79 Å². The number of anilines is 1. The third-order valence-electron chi connectivity index (χ3n) is 5.03. The number of carbonyl (C=O) groups is 1. The first-order chi connectivity index (χ1) is 14.5. The van der Waals surface area contributed by atoms with Crippen molar-refractivity contribution in [3.63, 3.8) is 0 Å². The molecule has 2 aromatic heterocycles. The molecule has 1 aliphatic heterocycles. The lowest BCUT2D eigenvalue weighted by atomic mass is 10.1. The summed E-state index contributed by atoms with van der Waals surface area (Å²) >= 11 is 7.87. The van der Waals surface area contributed by atoms with Gasteiger partial charge in [-0.2, -0.15) is 0 Å². The normalized spacial score (nSPS) is 13.9. The first-order valence-electron chi connectivity index (χ1n) is 9.74. The molecule has 0 saturated carbocycles. The fourth-order valence-electron chi connectivity index (χ4n) is 3.54. The van der Waals surface area contributed by atoms with Crippen LogP contribution in [0.15, 0.2) is 18.2 Å². The molecule has 0 spiro atoms. The number of fused-ring (bicyclic) bond motifs is 3. The van der Waals surface area contributed by atoms with E-state index in [1.807, 2.05) is 18.2 Å². The second-order valence-corrected chi connectivity index (χ2v) is 8.60. The van der Waals surface area contributed by atoms with Gasteiger partial charge in [-0.15, -0.1) is 11.3 Å². The lowest BCUT2D eigenvalue weighted by Gasteiger charge is -2.22. The maximum absolute atomic E-state index is 12.3. The Hall–Kier alpha value is -2.42. The highest BCUT2D eigenvalue weighted by Gasteiger charge is 2.24. The molecule has 0 aliphatic carbocycles. The van der Waals surface area contributed by atoms with Crippen molar-refractivity contribution in [3.05, 3.63) is 45.1 Å². The van der Waals surface area contributed by atoms with E-state index in [4.69, 9.17) is 21.1 Å². The number of hydrogen-bond donors (Lipinski definition) is 1. The second-order valence-electron chi connectivity index (χ2n) is 7.11. The van der Waals surface area contributed by atoms with E-state index in [1.165, 1.54) is 10.4 Å². The van der Waals surface area contributed by atoms with Gasteiger partial charge in [0.25, 0.3) is 0 Å². The van der Waals surface area contributed by atoms with Crippen LogP contribution in [0.3, 0.4) is 0 Å². The number of carbonyl (C=O) groups excluding carboxylic acids is 1. The van der Waals surface area contributed by atoms with E-state index >= 15 is 0 Å². The third kappa shape index (κ3) is 4.08. The molecule has 30 heavy (non-hydrogen) atoms. The Balaban J connectivity index is 1.72. The summed E-state index contributed by atoms with van der Waals surface area (Å²) in [4.78, 5) is 25.7. The molecular weight excluding hydrogens is 424 g/mol. The highest BCUT2D eigenvalue weighted by Crippen LogP contribution is 2.37. The number of aromatic nitrogens is 2. The van der Waals surface area contributed by atoms with Gasteiger partial charge in [0.1, 0.15) is 16.4 Å². The molecule has 4 rings (SSSR count). The minimum Gasteiger partial charge on any atom is -0.495 e. The number of halogens is 1. The molecule has 0 saturated heterocycles. The van der Waals surface area contributed by atoms with Crippen LogP contribution < -0.4 is 10.1 Å². The van der Waals surface area contributed by atoms with Gasteiger partial charge in [0.2, 0.25) is 5.82 Å². The monoisotopic (exact) mass is 446 g/mol. The molecular formula is C21H23ClN4O3S. The Labute approximate surface area is 184 Å². The van der Waals surface area contributed by atoms with Crippen molar-refractivity contribution in [2.24, 2.45) is 0 Å². The molecule has 1 N–H and O–H groups in total. The van der Waals surface area contributed by atoms with Gasteiger partial charge in [-0.3, -0.25) is 0 Å². The fourth-order valence-corrected chi connectivity index (χ4v) is 5.12. The van der Waals surface area contributed by atoms with Crippen molar-refractivity contribution in [3.8, 4) is 5.75 Å². The molecule has 3 heterocycles. The summed E-state index contributed by atoms with van der Waals surface area (Å²) in [5.74, 6) is 0.840. The summed E-state index contributed by atoms with van der Waals surface area (Å²) in [7, 11) is 3.69. The molecule has 0 bridgehead atoms. The smallest absolute Gasteiger partial charge is 0.376 e. The van der Waals surface area contributed by atoms with Crippen molar-refractivity contribution >= 4 is 44.9 Å². The van der Waals surface area contributed by atoms with Gasteiger partial charge in [0.15, 0.2) is 0 Å². The molecule has 0 radical (unpaired) electrons. The highest BCUT2D eigenvalue weighted by atomic mass is 35.5. The van der Waals surface area contributed by atoms with Crippen LogP contribution in [0.5, 0.6) is 5.75 Å². The van der Waals surface area contributed by atoms with Gasteiger partial charge in [-0.05, 0) is 43.7 Å². The van der Waals surface area contributed by atoms with Crippen LogP contribution in [0.25, 0.3) is 10.2 Å². The number of esters is 1. The molecule has 0 unspecified atom stereocenters. The molecule has 7 nitrogen and oxygen atoms in total. The largest absolute Gasteiger partial charge is 0.495 e. The third-order valence-corrected chi connectivity index (χ3v) is 6.43. The number of nitrogens with one attached hydrogen (secondary N) is 1. The van der Waals surface area contributed by atoms with Crippen LogP contribution in [0, 0.1) is 0 Å². The van der Waals surface area contributed by atoms with Gasteiger partial charge < -0.3 is 19.7 Å². The quantitative estimate of drug-likeness (QED) is 0.570. The Kier molecular flexibility index (Phi) is 6.08. The maximum atomic E-state index is 12.3. The van der Waals surface area contributed by atoms with Crippen molar-refractivity contribution in [1.82, 2.24) is 14.9 Å². The lowest BCUT2D eigenvalue weighted by Crippen LogP contribution is -2.25. The van der Waals surface area contributed by atoms with E-state index in [0.717, 1.165) is 35.3 Å². The number of likely N-dealkylation sites (N-methyl/N-ethyl adjacent to an activating group) is 1. The molecule has 9 heteroatoms. The van der Waals surface area contributed by atoms with E-state index < -0.39 is 5.97 Å². The molecule has 1 aromatic carbocycles. The summed E-state index contributed by atoms with van der Waals surface area (Å²) in [6, 6.07) is 5.64. The summed E-state index contributed by atoms with van der Waals surface area (Å²) < 4.78 is 10.3. The van der Waals surface area contributed by atoms with E-state index in [-0.39, 0.29) is 12.4 Å². The first-order valence-corrected chi connectivity index (χ1v) is 10.9. The van der Waals surface area contributed by atoms with E-state index in [0.29, 0.717) is 23.1 Å². The summed E-state index contributed by atoms with van der Waals surface area (Å²) in [5.41, 5.74) is 2.24. The average molecular weight is 447 g/mol. The topological polar surface area (TPSA) is 76.6 Å². The minimum atomic E-state index is -0.515. The van der Waals surface area contributed by atoms with Gasteiger partial charge in [0.05, 0.1) is 24.1 Å². The molecule has 1 aliphatic rings. The number of nitrogens with zero attached hydrogens (tertiary/aromatic N) is 3.